The van der Waals surface area contributed by atoms with E-state index in [1.807, 2.05) is 0 Å². The Hall–Kier alpha value is -2.77. The Labute approximate surface area is 159 Å². The lowest BCUT2D eigenvalue weighted by molar-refractivity contribution is 0.281. The minimum atomic E-state index is -0.630. The van der Waals surface area contributed by atoms with Crippen molar-refractivity contribution in [1.82, 2.24) is 9.13 Å². The number of halogens is 2. The number of hydrogen-bond donors (Lipinski definition) is 3. The first kappa shape index (κ1) is 19.0. The number of unbranched alkanes of at least 4 members (excludes halogenated alkanes) is 1. The number of phenols is 1. The Morgan fingerprint density at radius 1 is 1.04 bits per heavy atom. The van der Waals surface area contributed by atoms with Gasteiger partial charge in [-0.15, -0.1) is 0 Å². The van der Waals surface area contributed by atoms with Crippen molar-refractivity contribution in [2.45, 2.75) is 19.4 Å². The number of nitrogens with zero attached hydrogens (tertiary/aromatic N) is 2. The summed E-state index contributed by atoms with van der Waals surface area (Å²) >= 11 is 5.82. The molecule has 0 fully saturated rings. The van der Waals surface area contributed by atoms with Crippen molar-refractivity contribution >= 4 is 11.6 Å². The molecule has 3 N–H and O–H groups in total. The predicted octanol–water partition coefficient (Wildman–Crippen LogP) is 3.28. The molecule has 6 nitrogen and oxygen atoms in total. The van der Waals surface area contributed by atoms with Crippen LogP contribution in [0.15, 0.2) is 47.3 Å². The Kier molecular flexibility index (Phi) is 5.53. The summed E-state index contributed by atoms with van der Waals surface area (Å²) in [7, 11) is 0. The van der Waals surface area contributed by atoms with Crippen LogP contribution in [0.2, 0.25) is 5.02 Å². The van der Waals surface area contributed by atoms with Crippen LogP contribution in [0.5, 0.6) is 11.6 Å². The van der Waals surface area contributed by atoms with Crippen LogP contribution in [0, 0.1) is 5.82 Å². The summed E-state index contributed by atoms with van der Waals surface area (Å²) in [6, 6.07) is 9.78. The summed E-state index contributed by atoms with van der Waals surface area (Å²) in [5.74, 6) is -0.899. The van der Waals surface area contributed by atoms with Gasteiger partial charge in [-0.1, -0.05) is 11.6 Å². The molecule has 0 radical (unpaired) electrons. The van der Waals surface area contributed by atoms with E-state index in [2.05, 4.69) is 0 Å². The fourth-order valence-corrected chi connectivity index (χ4v) is 3.06. The van der Waals surface area contributed by atoms with Crippen molar-refractivity contribution in [3.63, 3.8) is 0 Å². The van der Waals surface area contributed by atoms with E-state index in [1.165, 1.54) is 28.8 Å². The molecule has 3 aromatic rings. The molecule has 0 aliphatic rings. The number of aromatic nitrogens is 2. The van der Waals surface area contributed by atoms with Crippen molar-refractivity contribution in [3.8, 4) is 28.6 Å². The topological polar surface area (TPSA) is 87.6 Å². The van der Waals surface area contributed by atoms with Gasteiger partial charge in [0.25, 0.3) is 0 Å². The minimum Gasteiger partial charge on any atom is -0.508 e. The summed E-state index contributed by atoms with van der Waals surface area (Å²) in [5, 5.41) is 29.1. The zero-order chi connectivity index (χ0) is 19.6. The number of hydrogen-bond acceptors (Lipinski definition) is 4. The molecule has 2 aromatic carbocycles. The molecule has 27 heavy (non-hydrogen) atoms. The third-order valence-electron chi connectivity index (χ3n) is 4.21. The molecule has 0 unspecified atom stereocenters. The maximum atomic E-state index is 13.5. The largest absolute Gasteiger partial charge is 0.508 e. The molecule has 0 aliphatic carbocycles. The number of rotatable bonds is 6. The van der Waals surface area contributed by atoms with Crippen LogP contribution in [-0.4, -0.2) is 31.1 Å². The number of imidazole rings is 1. The van der Waals surface area contributed by atoms with Crippen molar-refractivity contribution in [2.75, 3.05) is 6.61 Å². The third kappa shape index (κ3) is 3.70. The summed E-state index contributed by atoms with van der Waals surface area (Å²) < 4.78 is 15.9. The Balaban J connectivity index is 2.20. The molecule has 0 saturated heterocycles. The van der Waals surface area contributed by atoms with Gasteiger partial charge >= 0.3 is 5.69 Å². The smallest absolute Gasteiger partial charge is 0.336 e. The zero-order valence-electron chi connectivity index (χ0n) is 14.3. The molecule has 0 saturated carbocycles. The van der Waals surface area contributed by atoms with Gasteiger partial charge in [0.1, 0.15) is 17.3 Å². The van der Waals surface area contributed by atoms with Gasteiger partial charge in [0.05, 0.1) is 10.7 Å². The molecule has 0 spiro atoms. The fourth-order valence-electron chi connectivity index (χ4n) is 2.88. The monoisotopic (exact) mass is 392 g/mol. The van der Waals surface area contributed by atoms with E-state index in [-0.39, 0.29) is 41.2 Å². The molecule has 3 rings (SSSR count). The summed E-state index contributed by atoms with van der Waals surface area (Å²) in [4.78, 5) is 13.0. The highest BCUT2D eigenvalue weighted by Gasteiger charge is 2.22. The van der Waals surface area contributed by atoms with Crippen LogP contribution in [0.1, 0.15) is 12.8 Å². The highest BCUT2D eigenvalue weighted by molar-refractivity contribution is 6.30. The van der Waals surface area contributed by atoms with Crippen LogP contribution in [-0.2, 0) is 6.54 Å². The number of aliphatic hydroxyl groups is 1. The van der Waals surface area contributed by atoms with E-state index in [9.17, 15) is 19.4 Å². The van der Waals surface area contributed by atoms with Crippen molar-refractivity contribution in [2.24, 2.45) is 0 Å². The van der Waals surface area contributed by atoms with Crippen molar-refractivity contribution < 1.29 is 19.7 Å². The predicted molar refractivity (Wildman–Crippen MR) is 100 cm³/mol. The molecule has 1 heterocycles. The lowest BCUT2D eigenvalue weighted by Crippen LogP contribution is -2.24. The average Bonchev–Trinajstić information content (AvgIpc) is 2.89. The second-order valence-electron chi connectivity index (χ2n) is 6.02. The van der Waals surface area contributed by atoms with Gasteiger partial charge in [0.15, 0.2) is 0 Å². The van der Waals surface area contributed by atoms with E-state index in [0.717, 1.165) is 10.6 Å². The summed E-state index contributed by atoms with van der Waals surface area (Å²) in [5.41, 5.74) is 0.498. The van der Waals surface area contributed by atoms with E-state index in [0.29, 0.717) is 18.4 Å². The molecule has 1 aromatic heterocycles. The zero-order valence-corrected chi connectivity index (χ0v) is 15.0. The standard InChI is InChI=1S/C19H18ClFN2O4/c20-15-11-13(5-8-16(15)21)23-18(26)17(12-3-6-14(25)7-4-12)22(19(23)27)9-1-2-10-24/h3-8,11,24-26H,1-2,9-10H2. The van der Waals surface area contributed by atoms with Gasteiger partial charge < -0.3 is 15.3 Å². The molecule has 0 atom stereocenters. The van der Waals surface area contributed by atoms with Gasteiger partial charge in [-0.25, -0.2) is 13.8 Å². The fraction of sp³-hybridized carbons (Fsp3) is 0.211. The first-order valence-electron chi connectivity index (χ1n) is 8.34. The lowest BCUT2D eigenvalue weighted by Gasteiger charge is -2.07. The van der Waals surface area contributed by atoms with E-state index >= 15 is 0 Å². The van der Waals surface area contributed by atoms with E-state index in [4.69, 9.17) is 16.7 Å². The molecule has 142 valence electrons. The molecule has 8 heteroatoms. The SMILES string of the molecule is O=c1n(CCCCO)c(-c2ccc(O)cc2)c(O)n1-c1ccc(F)c(Cl)c1. The second-order valence-corrected chi connectivity index (χ2v) is 6.43. The van der Waals surface area contributed by atoms with Gasteiger partial charge in [-0.05, 0) is 55.3 Å². The van der Waals surface area contributed by atoms with Crippen LogP contribution >= 0.6 is 11.6 Å². The van der Waals surface area contributed by atoms with Gasteiger partial charge in [-0.2, -0.15) is 0 Å². The van der Waals surface area contributed by atoms with Crippen molar-refractivity contribution in [3.05, 3.63) is 63.8 Å². The average molecular weight is 393 g/mol. The minimum absolute atomic E-state index is 0.0104. The van der Waals surface area contributed by atoms with Crippen LogP contribution < -0.4 is 5.69 Å². The van der Waals surface area contributed by atoms with E-state index < -0.39 is 11.5 Å². The van der Waals surface area contributed by atoms with Gasteiger partial charge in [0, 0.05) is 18.7 Å². The first-order valence-corrected chi connectivity index (χ1v) is 8.72. The normalized spacial score (nSPS) is 11.1. The Bertz CT molecular complexity index is 1010. The van der Waals surface area contributed by atoms with E-state index in [1.54, 1.807) is 12.1 Å². The number of phenolic OH excluding ortho intramolecular Hbond substituents is 1. The highest BCUT2D eigenvalue weighted by atomic mass is 35.5. The number of benzene rings is 2. The maximum Gasteiger partial charge on any atom is 0.336 e. The summed E-state index contributed by atoms with van der Waals surface area (Å²) in [6.45, 7) is 0.259. The highest BCUT2D eigenvalue weighted by Crippen LogP contribution is 2.32. The van der Waals surface area contributed by atoms with Crippen LogP contribution in [0.4, 0.5) is 4.39 Å². The Morgan fingerprint density at radius 3 is 2.37 bits per heavy atom. The second kappa shape index (κ2) is 7.85. The molecule has 0 bridgehead atoms. The molecule has 0 amide bonds. The van der Waals surface area contributed by atoms with Gasteiger partial charge in [0.2, 0.25) is 5.88 Å². The Morgan fingerprint density at radius 2 is 1.74 bits per heavy atom. The lowest BCUT2D eigenvalue weighted by atomic mass is 10.1. The molecular formula is C19H18ClFN2O4. The summed E-state index contributed by atoms with van der Waals surface area (Å²) in [6.07, 6.45) is 1.02. The third-order valence-corrected chi connectivity index (χ3v) is 4.50. The maximum absolute atomic E-state index is 13.5. The van der Waals surface area contributed by atoms with Crippen LogP contribution in [0.25, 0.3) is 16.9 Å². The quantitative estimate of drug-likeness (QED) is 0.562. The van der Waals surface area contributed by atoms with Crippen molar-refractivity contribution in [1.29, 1.82) is 0 Å². The van der Waals surface area contributed by atoms with Gasteiger partial charge in [-0.3, -0.25) is 4.57 Å². The number of aliphatic hydroxyl groups excluding tert-OH is 1. The molecule has 0 aliphatic heterocycles. The number of aromatic hydroxyl groups is 2. The molecular weight excluding hydrogens is 375 g/mol. The van der Waals surface area contributed by atoms with Crippen LogP contribution in [0.3, 0.4) is 0 Å². The first-order chi connectivity index (χ1) is 12.9.